The number of hydrogen-bond acceptors (Lipinski definition) is 3. The second kappa shape index (κ2) is 4.63. The van der Waals surface area contributed by atoms with Gasteiger partial charge >= 0.3 is 5.97 Å². The highest BCUT2D eigenvalue weighted by atomic mass is 79.9. The fraction of sp³-hybridized carbons (Fsp3) is 0.300. The normalized spacial score (nSPS) is 12.5. The molecule has 1 aromatic rings. The topological polar surface area (TPSA) is 83.5 Å². The van der Waals surface area contributed by atoms with Crippen molar-refractivity contribution in [3.8, 4) is 5.75 Å². The van der Waals surface area contributed by atoms with Crippen molar-refractivity contribution in [3.05, 3.63) is 27.7 Å². The monoisotopic (exact) mass is 273 g/mol. The van der Waals surface area contributed by atoms with E-state index in [-0.39, 0.29) is 12.2 Å². The van der Waals surface area contributed by atoms with Gasteiger partial charge in [0, 0.05) is 16.5 Å². The van der Waals surface area contributed by atoms with Crippen LogP contribution in [-0.4, -0.2) is 22.2 Å². The zero-order chi connectivity index (χ0) is 11.6. The summed E-state index contributed by atoms with van der Waals surface area (Å²) in [6.07, 6.45) is 0.0992. The number of hydrogen-bond donors (Lipinski definition) is 3. The quantitative estimate of drug-likeness (QED) is 0.778. The molecule has 0 saturated heterocycles. The summed E-state index contributed by atoms with van der Waals surface area (Å²) < 4.78 is 0.678. The van der Waals surface area contributed by atoms with Gasteiger partial charge in [0.1, 0.15) is 11.8 Å². The zero-order valence-electron chi connectivity index (χ0n) is 8.20. The lowest BCUT2D eigenvalue weighted by atomic mass is 10.0. The number of rotatable bonds is 3. The fourth-order valence-electron chi connectivity index (χ4n) is 1.26. The van der Waals surface area contributed by atoms with E-state index in [2.05, 4.69) is 15.9 Å². The second-order valence-electron chi connectivity index (χ2n) is 3.39. The Balaban J connectivity index is 3.00. The van der Waals surface area contributed by atoms with Crippen LogP contribution in [0.25, 0.3) is 0 Å². The van der Waals surface area contributed by atoms with Crippen molar-refractivity contribution in [1.82, 2.24) is 0 Å². The molecule has 0 spiro atoms. The lowest BCUT2D eigenvalue weighted by molar-refractivity contribution is -0.138. The van der Waals surface area contributed by atoms with Gasteiger partial charge in [-0.2, -0.15) is 0 Å². The second-order valence-corrected chi connectivity index (χ2v) is 4.25. The van der Waals surface area contributed by atoms with Crippen molar-refractivity contribution in [2.75, 3.05) is 0 Å². The van der Waals surface area contributed by atoms with E-state index in [9.17, 15) is 9.90 Å². The van der Waals surface area contributed by atoms with E-state index in [4.69, 9.17) is 10.8 Å². The van der Waals surface area contributed by atoms with Crippen LogP contribution >= 0.6 is 15.9 Å². The van der Waals surface area contributed by atoms with Gasteiger partial charge in [0.2, 0.25) is 0 Å². The Morgan fingerprint density at radius 2 is 2.20 bits per heavy atom. The number of phenolic OH excluding ortho intramolecular Hbond substituents is 1. The lowest BCUT2D eigenvalue weighted by Gasteiger charge is -2.11. The number of phenols is 1. The van der Waals surface area contributed by atoms with Crippen LogP contribution in [0.1, 0.15) is 11.1 Å². The predicted molar refractivity (Wildman–Crippen MR) is 59.9 cm³/mol. The van der Waals surface area contributed by atoms with Gasteiger partial charge in [0.25, 0.3) is 0 Å². The number of aryl methyl sites for hydroxylation is 1. The number of carbonyl (C=O) groups is 1. The van der Waals surface area contributed by atoms with Crippen molar-refractivity contribution in [1.29, 1.82) is 0 Å². The van der Waals surface area contributed by atoms with Crippen LogP contribution in [0.15, 0.2) is 16.6 Å². The molecular formula is C10H12BrNO3. The molecule has 1 atom stereocenters. The Morgan fingerprint density at radius 3 is 2.67 bits per heavy atom. The molecule has 0 aliphatic carbocycles. The molecule has 0 radical (unpaired) electrons. The third-order valence-electron chi connectivity index (χ3n) is 2.06. The van der Waals surface area contributed by atoms with Crippen LogP contribution in [0.3, 0.4) is 0 Å². The van der Waals surface area contributed by atoms with Crippen molar-refractivity contribution in [3.63, 3.8) is 0 Å². The predicted octanol–water partition coefficient (Wildman–Crippen LogP) is 1.42. The maximum atomic E-state index is 10.6. The van der Waals surface area contributed by atoms with Gasteiger partial charge in [-0.05, 0) is 24.6 Å². The summed E-state index contributed by atoms with van der Waals surface area (Å²) in [7, 11) is 0. The summed E-state index contributed by atoms with van der Waals surface area (Å²) in [5.74, 6) is -1.01. The molecule has 0 heterocycles. The summed E-state index contributed by atoms with van der Waals surface area (Å²) in [5.41, 5.74) is 6.81. The molecule has 0 aromatic heterocycles. The summed E-state index contributed by atoms with van der Waals surface area (Å²) >= 11 is 3.27. The number of halogens is 1. The van der Waals surface area contributed by atoms with E-state index in [1.54, 1.807) is 6.07 Å². The maximum absolute atomic E-state index is 10.6. The first-order chi connectivity index (χ1) is 6.91. The van der Waals surface area contributed by atoms with Gasteiger partial charge in [-0.25, -0.2) is 0 Å². The number of carboxylic acid groups (broad SMARTS) is 1. The van der Waals surface area contributed by atoms with E-state index in [0.717, 1.165) is 5.56 Å². The Bertz CT molecular complexity index is 369. The van der Waals surface area contributed by atoms with Crippen LogP contribution in [0.5, 0.6) is 5.75 Å². The number of aromatic hydroxyl groups is 1. The van der Waals surface area contributed by atoms with E-state index in [0.29, 0.717) is 10.0 Å². The van der Waals surface area contributed by atoms with Gasteiger partial charge in [-0.3, -0.25) is 4.79 Å². The van der Waals surface area contributed by atoms with Crippen LogP contribution in [-0.2, 0) is 11.2 Å². The Hall–Kier alpha value is -1.07. The molecule has 15 heavy (non-hydrogen) atoms. The first kappa shape index (κ1) is 12.0. The maximum Gasteiger partial charge on any atom is 0.320 e. The van der Waals surface area contributed by atoms with Gasteiger partial charge in [-0.1, -0.05) is 15.9 Å². The van der Waals surface area contributed by atoms with Gasteiger partial charge < -0.3 is 15.9 Å². The van der Waals surface area contributed by atoms with Crippen molar-refractivity contribution in [2.24, 2.45) is 5.73 Å². The van der Waals surface area contributed by atoms with E-state index in [1.165, 1.54) is 0 Å². The van der Waals surface area contributed by atoms with Crippen molar-refractivity contribution in [2.45, 2.75) is 19.4 Å². The van der Waals surface area contributed by atoms with Gasteiger partial charge in [-0.15, -0.1) is 0 Å². The molecule has 4 N–H and O–H groups in total. The smallest absolute Gasteiger partial charge is 0.320 e. The Kier molecular flexibility index (Phi) is 3.71. The molecule has 1 rings (SSSR count). The Labute approximate surface area is 95.8 Å². The third kappa shape index (κ3) is 2.94. The molecule has 0 amide bonds. The summed E-state index contributed by atoms with van der Waals surface area (Å²) in [5, 5.41) is 18.3. The van der Waals surface area contributed by atoms with E-state index < -0.39 is 12.0 Å². The highest BCUT2D eigenvalue weighted by molar-refractivity contribution is 9.10. The SMILES string of the molecule is Cc1cc(O)c(CC(N)C(=O)O)c(Br)c1. The lowest BCUT2D eigenvalue weighted by Crippen LogP contribution is -2.32. The highest BCUT2D eigenvalue weighted by Gasteiger charge is 2.16. The van der Waals surface area contributed by atoms with E-state index in [1.807, 2.05) is 13.0 Å². The largest absolute Gasteiger partial charge is 0.508 e. The Morgan fingerprint density at radius 1 is 1.60 bits per heavy atom. The molecule has 1 unspecified atom stereocenters. The molecule has 4 nitrogen and oxygen atoms in total. The first-order valence-electron chi connectivity index (χ1n) is 4.38. The minimum Gasteiger partial charge on any atom is -0.508 e. The number of aliphatic carboxylic acids is 1. The molecule has 82 valence electrons. The molecule has 5 heteroatoms. The van der Waals surface area contributed by atoms with E-state index >= 15 is 0 Å². The summed E-state index contributed by atoms with van der Waals surface area (Å²) in [6.45, 7) is 1.84. The third-order valence-corrected chi connectivity index (χ3v) is 2.77. The molecule has 0 aliphatic heterocycles. The average Bonchev–Trinajstić information content (AvgIpc) is 2.10. The molecule has 0 saturated carbocycles. The van der Waals surface area contributed by atoms with Gasteiger partial charge in [0.05, 0.1) is 0 Å². The minimum atomic E-state index is -1.08. The zero-order valence-corrected chi connectivity index (χ0v) is 9.78. The molecular weight excluding hydrogens is 262 g/mol. The summed E-state index contributed by atoms with van der Waals surface area (Å²) in [6, 6.07) is 2.38. The molecule has 0 aliphatic rings. The van der Waals surface area contributed by atoms with Gasteiger partial charge in [0.15, 0.2) is 0 Å². The number of benzene rings is 1. The van der Waals surface area contributed by atoms with Crippen LogP contribution in [0, 0.1) is 6.92 Å². The number of carboxylic acids is 1. The molecule has 0 fully saturated rings. The fourth-order valence-corrected chi connectivity index (χ4v) is 1.99. The molecule has 1 aromatic carbocycles. The average molecular weight is 274 g/mol. The van der Waals surface area contributed by atoms with Crippen molar-refractivity contribution < 1.29 is 15.0 Å². The number of nitrogens with two attached hydrogens (primary N) is 1. The van der Waals surface area contributed by atoms with Crippen LogP contribution < -0.4 is 5.73 Å². The highest BCUT2D eigenvalue weighted by Crippen LogP contribution is 2.28. The minimum absolute atomic E-state index is 0.0681. The standard InChI is InChI=1S/C10H12BrNO3/c1-5-2-7(11)6(9(13)3-5)4-8(12)10(14)15/h2-3,8,13H,4,12H2,1H3,(H,14,15). The molecule has 0 bridgehead atoms. The summed E-state index contributed by atoms with van der Waals surface area (Å²) in [4.78, 5) is 10.6. The van der Waals surface area contributed by atoms with Crippen molar-refractivity contribution >= 4 is 21.9 Å². The first-order valence-corrected chi connectivity index (χ1v) is 5.17. The van der Waals surface area contributed by atoms with Crippen LogP contribution in [0.4, 0.5) is 0 Å². The van der Waals surface area contributed by atoms with Crippen LogP contribution in [0.2, 0.25) is 0 Å².